The van der Waals surface area contributed by atoms with Crippen LogP contribution in [-0.2, 0) is 11.3 Å². The molecule has 3 nitrogen and oxygen atoms in total. The number of likely N-dealkylation sites (N-methyl/N-ethyl adjacent to an activating group) is 1. The molecular formula is C21H24Cl2N2O. The topological polar surface area (TPSA) is 32.3 Å². The molecule has 0 aliphatic carbocycles. The number of amides is 1. The summed E-state index contributed by atoms with van der Waals surface area (Å²) in [7, 11) is 2.10. The number of rotatable bonds is 2. The van der Waals surface area contributed by atoms with Crippen molar-refractivity contribution in [2.24, 2.45) is 5.41 Å². The lowest BCUT2D eigenvalue weighted by atomic mass is 9.84. The van der Waals surface area contributed by atoms with Crippen LogP contribution in [0.25, 0.3) is 0 Å². The highest BCUT2D eigenvalue weighted by Gasteiger charge is 2.27. The molecule has 26 heavy (non-hydrogen) atoms. The van der Waals surface area contributed by atoms with Crippen molar-refractivity contribution < 1.29 is 4.79 Å². The van der Waals surface area contributed by atoms with Crippen molar-refractivity contribution in [2.45, 2.75) is 33.2 Å². The number of carbonyl (C=O) groups is 1. The molecule has 0 fully saturated rings. The molecular weight excluding hydrogens is 367 g/mol. The van der Waals surface area contributed by atoms with E-state index in [1.807, 2.05) is 45.0 Å². The number of hydrogen-bond donors (Lipinski definition) is 1. The minimum absolute atomic E-state index is 0.00607. The van der Waals surface area contributed by atoms with Crippen LogP contribution in [0, 0.1) is 5.41 Å². The van der Waals surface area contributed by atoms with Gasteiger partial charge in [0.1, 0.15) is 0 Å². The molecule has 0 bridgehead atoms. The normalized spacial score (nSPS) is 17.7. The van der Waals surface area contributed by atoms with Crippen LogP contribution in [0.4, 0.5) is 5.69 Å². The molecule has 1 atom stereocenters. The molecule has 1 aliphatic rings. The summed E-state index contributed by atoms with van der Waals surface area (Å²) in [4.78, 5) is 14.4. The first-order chi connectivity index (χ1) is 12.1. The molecule has 5 heteroatoms. The predicted molar refractivity (Wildman–Crippen MR) is 109 cm³/mol. The molecule has 0 aromatic heterocycles. The fourth-order valence-electron chi connectivity index (χ4n) is 3.25. The number of nitrogens with zero attached hydrogens (tertiary/aromatic N) is 1. The van der Waals surface area contributed by atoms with Crippen molar-refractivity contribution in [1.29, 1.82) is 0 Å². The molecule has 0 saturated heterocycles. The van der Waals surface area contributed by atoms with Gasteiger partial charge in [0.05, 0.1) is 0 Å². The first-order valence-electron chi connectivity index (χ1n) is 8.73. The van der Waals surface area contributed by atoms with E-state index in [9.17, 15) is 4.79 Å². The first-order valence-corrected chi connectivity index (χ1v) is 9.48. The quantitative estimate of drug-likeness (QED) is 0.728. The van der Waals surface area contributed by atoms with Crippen molar-refractivity contribution in [2.75, 3.05) is 18.9 Å². The molecule has 1 N–H and O–H groups in total. The van der Waals surface area contributed by atoms with Crippen LogP contribution in [0.1, 0.15) is 43.4 Å². The number of benzene rings is 2. The first kappa shape index (κ1) is 19.2. The highest BCUT2D eigenvalue weighted by Crippen LogP contribution is 2.38. The number of anilines is 1. The van der Waals surface area contributed by atoms with Crippen molar-refractivity contribution in [3.63, 3.8) is 0 Å². The Hall–Kier alpha value is -1.55. The summed E-state index contributed by atoms with van der Waals surface area (Å²) in [6.07, 6.45) is 0. The van der Waals surface area contributed by atoms with Crippen molar-refractivity contribution in [1.82, 2.24) is 4.90 Å². The smallest absolute Gasteiger partial charge is 0.229 e. The molecule has 1 unspecified atom stereocenters. The van der Waals surface area contributed by atoms with E-state index >= 15 is 0 Å². The van der Waals surface area contributed by atoms with Crippen LogP contribution in [0.2, 0.25) is 10.0 Å². The molecule has 3 rings (SSSR count). The number of hydrogen-bond acceptors (Lipinski definition) is 2. The average molecular weight is 391 g/mol. The minimum atomic E-state index is -0.419. The number of halogens is 2. The van der Waals surface area contributed by atoms with Crippen LogP contribution in [0.15, 0.2) is 36.4 Å². The molecule has 2 aromatic carbocycles. The second-order valence-corrected chi connectivity index (χ2v) is 8.87. The predicted octanol–water partition coefficient (Wildman–Crippen LogP) is 5.56. The average Bonchev–Trinajstić information content (AvgIpc) is 2.55. The Kier molecular flexibility index (Phi) is 5.34. The number of fused-ring (bicyclic) bond motifs is 1. The van der Waals surface area contributed by atoms with Crippen LogP contribution >= 0.6 is 23.2 Å². The fourth-order valence-corrected chi connectivity index (χ4v) is 3.82. The molecule has 0 spiro atoms. The molecule has 2 aromatic rings. The molecule has 1 amide bonds. The van der Waals surface area contributed by atoms with E-state index in [0.717, 1.165) is 29.4 Å². The molecule has 0 saturated carbocycles. The van der Waals surface area contributed by atoms with Gasteiger partial charge >= 0.3 is 0 Å². The van der Waals surface area contributed by atoms with Crippen molar-refractivity contribution in [3.8, 4) is 0 Å². The van der Waals surface area contributed by atoms with Crippen molar-refractivity contribution in [3.05, 3.63) is 63.1 Å². The van der Waals surface area contributed by atoms with Gasteiger partial charge in [-0.25, -0.2) is 0 Å². The summed E-state index contributed by atoms with van der Waals surface area (Å²) in [6.45, 7) is 7.43. The van der Waals surface area contributed by atoms with Crippen LogP contribution < -0.4 is 5.32 Å². The third-order valence-corrected chi connectivity index (χ3v) is 5.30. The van der Waals surface area contributed by atoms with Crippen molar-refractivity contribution >= 4 is 34.8 Å². The maximum atomic E-state index is 12.2. The van der Waals surface area contributed by atoms with Crippen LogP contribution in [0.5, 0.6) is 0 Å². The highest BCUT2D eigenvalue weighted by atomic mass is 35.5. The third-order valence-electron chi connectivity index (χ3n) is 4.74. The SMILES string of the molecule is CN1Cc2c(Cl)cc(Cl)cc2C(c2ccc(NC(=O)C(C)(C)C)cc2)C1. The standard InChI is InChI=1S/C21H24Cl2N2O/c1-21(2,3)20(26)24-15-7-5-13(6-8-15)17-11-25(4)12-18-16(17)9-14(22)10-19(18)23/h5-10,17H,11-12H2,1-4H3,(H,24,26). The Morgan fingerprint density at radius 1 is 1.15 bits per heavy atom. The van der Waals surface area contributed by atoms with Gasteiger partial charge in [0, 0.05) is 40.2 Å². The number of nitrogens with one attached hydrogen (secondary N) is 1. The molecule has 138 valence electrons. The van der Waals surface area contributed by atoms with Gasteiger partial charge in [-0.05, 0) is 48.0 Å². The van der Waals surface area contributed by atoms with E-state index < -0.39 is 5.41 Å². The Labute approximate surface area is 165 Å². The third kappa shape index (κ3) is 4.06. The Bertz CT molecular complexity index is 825. The molecule has 1 heterocycles. The second kappa shape index (κ2) is 7.22. The summed E-state index contributed by atoms with van der Waals surface area (Å²) in [5.74, 6) is 0.207. The summed E-state index contributed by atoms with van der Waals surface area (Å²) >= 11 is 12.7. The number of carbonyl (C=O) groups excluding carboxylic acids is 1. The van der Waals surface area contributed by atoms with E-state index in [4.69, 9.17) is 23.2 Å². The largest absolute Gasteiger partial charge is 0.326 e. The van der Waals surface area contributed by atoms with Gasteiger partial charge in [-0.2, -0.15) is 0 Å². The van der Waals surface area contributed by atoms with E-state index in [-0.39, 0.29) is 11.8 Å². The van der Waals surface area contributed by atoms with E-state index in [1.165, 1.54) is 11.1 Å². The molecule has 0 radical (unpaired) electrons. The highest BCUT2D eigenvalue weighted by molar-refractivity contribution is 6.35. The minimum Gasteiger partial charge on any atom is -0.326 e. The maximum absolute atomic E-state index is 12.2. The summed E-state index contributed by atoms with van der Waals surface area (Å²) < 4.78 is 0. The van der Waals surface area contributed by atoms with Crippen LogP contribution in [-0.4, -0.2) is 24.4 Å². The van der Waals surface area contributed by atoms with Gasteiger partial charge in [-0.15, -0.1) is 0 Å². The van der Waals surface area contributed by atoms with E-state index in [2.05, 4.69) is 29.4 Å². The zero-order chi connectivity index (χ0) is 19.1. The van der Waals surface area contributed by atoms with Gasteiger partial charge in [0.2, 0.25) is 5.91 Å². The van der Waals surface area contributed by atoms with Gasteiger partial charge in [-0.3, -0.25) is 4.79 Å². The van der Waals surface area contributed by atoms with E-state index in [1.54, 1.807) is 0 Å². The zero-order valence-electron chi connectivity index (χ0n) is 15.6. The van der Waals surface area contributed by atoms with Crippen LogP contribution in [0.3, 0.4) is 0 Å². The van der Waals surface area contributed by atoms with Gasteiger partial charge in [0.15, 0.2) is 0 Å². The Morgan fingerprint density at radius 2 is 1.81 bits per heavy atom. The van der Waals surface area contributed by atoms with Gasteiger partial charge in [-0.1, -0.05) is 56.1 Å². The van der Waals surface area contributed by atoms with E-state index in [0.29, 0.717) is 5.02 Å². The molecule has 1 aliphatic heterocycles. The summed E-state index contributed by atoms with van der Waals surface area (Å²) in [5, 5.41) is 4.35. The lowest BCUT2D eigenvalue weighted by Gasteiger charge is -2.33. The summed E-state index contributed by atoms with van der Waals surface area (Å²) in [5.41, 5.74) is 3.90. The van der Waals surface area contributed by atoms with Gasteiger partial charge in [0.25, 0.3) is 0 Å². The lowest BCUT2D eigenvalue weighted by molar-refractivity contribution is -0.123. The van der Waals surface area contributed by atoms with Gasteiger partial charge < -0.3 is 10.2 Å². The monoisotopic (exact) mass is 390 g/mol. The maximum Gasteiger partial charge on any atom is 0.229 e. The summed E-state index contributed by atoms with van der Waals surface area (Å²) in [6, 6.07) is 11.9. The Balaban J connectivity index is 1.90. The second-order valence-electron chi connectivity index (χ2n) is 8.03. The Morgan fingerprint density at radius 3 is 2.42 bits per heavy atom. The fraction of sp³-hybridized carbons (Fsp3) is 0.381. The zero-order valence-corrected chi connectivity index (χ0v) is 17.1. The lowest BCUT2D eigenvalue weighted by Crippen LogP contribution is -2.31.